The molecule has 0 atom stereocenters. The van der Waals surface area contributed by atoms with Gasteiger partial charge in [-0.25, -0.2) is 9.18 Å². The summed E-state index contributed by atoms with van der Waals surface area (Å²) >= 11 is 0. The lowest BCUT2D eigenvalue weighted by molar-refractivity contribution is 0.0599. The Morgan fingerprint density at radius 1 is 1.53 bits per heavy atom. The summed E-state index contributed by atoms with van der Waals surface area (Å²) in [5.41, 5.74) is 0.494. The fraction of sp³-hybridized carbons (Fsp3) is 0.462. The van der Waals surface area contributed by atoms with Gasteiger partial charge in [-0.2, -0.15) is 0 Å². The monoisotopic (exact) mass is 238 g/mol. The Hall–Kier alpha value is -1.42. The molecule has 1 fully saturated rings. The molecule has 1 aliphatic carbocycles. The molecule has 1 aromatic rings. The predicted molar refractivity (Wildman–Crippen MR) is 60.4 cm³/mol. The van der Waals surface area contributed by atoms with E-state index in [0.717, 1.165) is 0 Å². The number of methoxy groups -OCH3 is 1. The van der Waals surface area contributed by atoms with Crippen LogP contribution in [0.4, 0.5) is 4.39 Å². The number of carbonyl (C=O) groups excluding carboxylic acids is 1. The topological polar surface area (TPSA) is 46.5 Å². The summed E-state index contributed by atoms with van der Waals surface area (Å²) in [6.45, 7) is 1.66. The summed E-state index contributed by atoms with van der Waals surface area (Å²) in [6.07, 6.45) is 1.63. The molecule has 4 heteroatoms. The van der Waals surface area contributed by atoms with Crippen LogP contribution in [-0.2, 0) is 11.2 Å². The molecule has 0 spiro atoms. The fourth-order valence-electron chi connectivity index (χ4n) is 1.86. The van der Waals surface area contributed by atoms with Crippen LogP contribution in [0.2, 0.25) is 0 Å². The number of hydrogen-bond donors (Lipinski definition) is 1. The van der Waals surface area contributed by atoms with Gasteiger partial charge in [-0.1, -0.05) is 0 Å². The zero-order valence-electron chi connectivity index (χ0n) is 9.92. The number of benzene rings is 1. The zero-order valence-corrected chi connectivity index (χ0v) is 9.92. The van der Waals surface area contributed by atoms with E-state index in [1.165, 1.54) is 19.2 Å². The predicted octanol–water partition coefficient (Wildman–Crippen LogP) is 1.99. The van der Waals surface area contributed by atoms with Crippen molar-refractivity contribution in [1.29, 1.82) is 0 Å². The molecule has 1 aliphatic rings. The van der Waals surface area contributed by atoms with Crippen molar-refractivity contribution in [2.24, 2.45) is 0 Å². The lowest BCUT2D eigenvalue weighted by Crippen LogP contribution is -2.14. The molecular formula is C13H15FO3. The number of rotatable bonds is 3. The van der Waals surface area contributed by atoms with Gasteiger partial charge in [0.25, 0.3) is 0 Å². The smallest absolute Gasteiger partial charge is 0.338 e. The van der Waals surface area contributed by atoms with Crippen LogP contribution in [0.15, 0.2) is 12.1 Å². The van der Waals surface area contributed by atoms with Gasteiger partial charge in [-0.3, -0.25) is 0 Å². The van der Waals surface area contributed by atoms with Gasteiger partial charge in [-0.05, 0) is 43.0 Å². The summed E-state index contributed by atoms with van der Waals surface area (Å²) < 4.78 is 18.3. The number of ether oxygens (including phenoxy) is 1. The molecule has 0 saturated heterocycles. The number of esters is 1. The molecule has 0 aliphatic heterocycles. The minimum Gasteiger partial charge on any atom is -0.465 e. The van der Waals surface area contributed by atoms with Crippen LogP contribution in [-0.4, -0.2) is 23.8 Å². The van der Waals surface area contributed by atoms with E-state index in [-0.39, 0.29) is 12.2 Å². The molecule has 2 rings (SSSR count). The van der Waals surface area contributed by atoms with Crippen LogP contribution in [0.3, 0.4) is 0 Å². The minimum atomic E-state index is -0.774. The molecule has 0 amide bonds. The highest BCUT2D eigenvalue weighted by atomic mass is 19.1. The standard InChI is InChI=1S/C13H15FO3/c1-8-5-11(14)9(7-13(16)3-4-13)6-10(8)12(15)17-2/h5-6,16H,3-4,7H2,1-2H3. The van der Waals surface area contributed by atoms with Crippen LogP contribution in [0.1, 0.15) is 34.3 Å². The first-order chi connectivity index (χ1) is 7.95. The maximum Gasteiger partial charge on any atom is 0.338 e. The van der Waals surface area contributed by atoms with Crippen molar-refractivity contribution >= 4 is 5.97 Å². The van der Waals surface area contributed by atoms with E-state index < -0.39 is 11.6 Å². The lowest BCUT2D eigenvalue weighted by atomic mass is 9.99. The quantitative estimate of drug-likeness (QED) is 0.819. The number of aryl methyl sites for hydroxylation is 1. The first-order valence-electron chi connectivity index (χ1n) is 5.55. The summed E-state index contributed by atoms with van der Waals surface area (Å²) in [6, 6.07) is 2.79. The summed E-state index contributed by atoms with van der Waals surface area (Å²) in [5.74, 6) is -0.859. The highest BCUT2D eigenvalue weighted by molar-refractivity contribution is 5.91. The van der Waals surface area contributed by atoms with Crippen molar-refractivity contribution in [2.75, 3.05) is 7.11 Å². The van der Waals surface area contributed by atoms with Crippen molar-refractivity contribution in [3.8, 4) is 0 Å². The largest absolute Gasteiger partial charge is 0.465 e. The molecule has 1 aromatic carbocycles. The summed E-state index contributed by atoms with van der Waals surface area (Å²) in [4.78, 5) is 11.5. The number of aliphatic hydroxyl groups is 1. The third-order valence-electron chi connectivity index (χ3n) is 3.15. The van der Waals surface area contributed by atoms with Gasteiger partial charge < -0.3 is 9.84 Å². The van der Waals surface area contributed by atoms with Gasteiger partial charge in [0.1, 0.15) is 5.82 Å². The molecule has 0 heterocycles. The van der Waals surface area contributed by atoms with E-state index in [9.17, 15) is 14.3 Å². The highest BCUT2D eigenvalue weighted by Gasteiger charge is 2.40. The molecule has 0 aromatic heterocycles. The van der Waals surface area contributed by atoms with Gasteiger partial charge in [0.2, 0.25) is 0 Å². The van der Waals surface area contributed by atoms with Crippen LogP contribution in [0.25, 0.3) is 0 Å². The van der Waals surface area contributed by atoms with Crippen molar-refractivity contribution in [1.82, 2.24) is 0 Å². The normalized spacial score (nSPS) is 16.7. The second kappa shape index (κ2) is 4.11. The third-order valence-corrected chi connectivity index (χ3v) is 3.15. The molecular weight excluding hydrogens is 223 g/mol. The van der Waals surface area contributed by atoms with Crippen LogP contribution in [0.5, 0.6) is 0 Å². The second-order valence-corrected chi connectivity index (χ2v) is 4.65. The average molecular weight is 238 g/mol. The lowest BCUT2D eigenvalue weighted by Gasteiger charge is -2.11. The molecule has 0 bridgehead atoms. The number of halogens is 1. The highest BCUT2D eigenvalue weighted by Crippen LogP contribution is 2.39. The Bertz CT molecular complexity index is 464. The first-order valence-corrected chi connectivity index (χ1v) is 5.55. The maximum absolute atomic E-state index is 13.7. The molecule has 0 unspecified atom stereocenters. The van der Waals surface area contributed by atoms with Gasteiger partial charge in [-0.15, -0.1) is 0 Å². The average Bonchev–Trinajstić information content (AvgIpc) is 2.99. The van der Waals surface area contributed by atoms with E-state index in [0.29, 0.717) is 29.5 Å². The Balaban J connectivity index is 2.35. The third kappa shape index (κ3) is 2.47. The second-order valence-electron chi connectivity index (χ2n) is 4.65. The Labute approximate surface area is 99.2 Å². The van der Waals surface area contributed by atoms with Crippen LogP contribution < -0.4 is 0 Å². The molecule has 0 radical (unpaired) electrons. The van der Waals surface area contributed by atoms with Crippen molar-refractivity contribution < 1.29 is 19.0 Å². The van der Waals surface area contributed by atoms with Crippen molar-refractivity contribution in [2.45, 2.75) is 31.8 Å². The fourth-order valence-corrected chi connectivity index (χ4v) is 1.86. The Kier molecular flexibility index (Phi) is 2.91. The maximum atomic E-state index is 13.7. The molecule has 1 saturated carbocycles. The Morgan fingerprint density at radius 3 is 2.71 bits per heavy atom. The minimum absolute atomic E-state index is 0.253. The van der Waals surface area contributed by atoms with E-state index in [4.69, 9.17) is 0 Å². The van der Waals surface area contributed by atoms with Gasteiger partial charge >= 0.3 is 5.97 Å². The SMILES string of the molecule is COC(=O)c1cc(CC2(O)CC2)c(F)cc1C. The van der Waals surface area contributed by atoms with Crippen molar-refractivity contribution in [3.05, 3.63) is 34.6 Å². The molecule has 17 heavy (non-hydrogen) atoms. The summed E-state index contributed by atoms with van der Waals surface area (Å²) in [7, 11) is 1.29. The molecule has 3 nitrogen and oxygen atoms in total. The molecule has 1 N–H and O–H groups in total. The van der Waals surface area contributed by atoms with E-state index in [2.05, 4.69) is 4.74 Å². The van der Waals surface area contributed by atoms with Crippen LogP contribution >= 0.6 is 0 Å². The van der Waals surface area contributed by atoms with Gasteiger partial charge in [0.15, 0.2) is 0 Å². The Morgan fingerprint density at radius 2 is 2.18 bits per heavy atom. The number of hydrogen-bond acceptors (Lipinski definition) is 3. The van der Waals surface area contributed by atoms with Crippen LogP contribution in [0, 0.1) is 12.7 Å². The van der Waals surface area contributed by atoms with Gasteiger partial charge in [0.05, 0.1) is 18.3 Å². The van der Waals surface area contributed by atoms with E-state index in [1.54, 1.807) is 6.92 Å². The number of carbonyl (C=O) groups is 1. The van der Waals surface area contributed by atoms with Gasteiger partial charge in [0, 0.05) is 6.42 Å². The molecule has 92 valence electrons. The summed E-state index contributed by atoms with van der Waals surface area (Å²) in [5, 5.41) is 9.78. The zero-order chi connectivity index (χ0) is 12.6. The first kappa shape index (κ1) is 12.0. The van der Waals surface area contributed by atoms with Crippen molar-refractivity contribution in [3.63, 3.8) is 0 Å². The van der Waals surface area contributed by atoms with E-state index in [1.807, 2.05) is 0 Å². The van der Waals surface area contributed by atoms with E-state index >= 15 is 0 Å².